The molecule has 4 rings (SSSR count). The van der Waals surface area contributed by atoms with Crippen LogP contribution in [0.5, 0.6) is 11.5 Å². The largest absolute Gasteiger partial charge is 0.510 e. The summed E-state index contributed by atoms with van der Waals surface area (Å²) < 4.78 is 0. The lowest BCUT2D eigenvalue weighted by atomic mass is 9.64. The molecule has 150 valence electrons. The first-order valence-corrected chi connectivity index (χ1v) is 9.11. The molecule has 0 saturated heterocycles. The fourth-order valence-corrected chi connectivity index (χ4v) is 4.64. The number of carbonyl (C=O) groups is 3. The van der Waals surface area contributed by atoms with Crippen molar-refractivity contribution in [3.8, 4) is 11.5 Å². The van der Waals surface area contributed by atoms with Crippen molar-refractivity contribution >= 4 is 28.2 Å². The zero-order chi connectivity index (χ0) is 21.4. The Morgan fingerprint density at radius 2 is 1.72 bits per heavy atom. The number of nitrogens with two attached hydrogens (primary N) is 2. The Kier molecular flexibility index (Phi) is 3.95. The first-order chi connectivity index (χ1) is 13.6. The Morgan fingerprint density at radius 1 is 1.07 bits per heavy atom. The fraction of sp³-hybridized carbons (Fsp3) is 0.286. The molecule has 0 spiro atoms. The number of hydrogen-bond donors (Lipinski definition) is 5. The minimum absolute atomic E-state index is 0.0667. The van der Waals surface area contributed by atoms with Gasteiger partial charge >= 0.3 is 0 Å². The molecular formula is C21H20N2O6. The Bertz CT molecular complexity index is 1180. The number of aromatic hydroxyl groups is 2. The summed E-state index contributed by atoms with van der Waals surface area (Å²) in [5.41, 5.74) is 12.2. The van der Waals surface area contributed by atoms with Gasteiger partial charge in [0.25, 0.3) is 5.91 Å². The van der Waals surface area contributed by atoms with Crippen LogP contribution < -0.4 is 11.5 Å². The van der Waals surface area contributed by atoms with Gasteiger partial charge in [-0.1, -0.05) is 12.1 Å². The molecule has 2 aromatic carbocycles. The zero-order valence-corrected chi connectivity index (χ0v) is 15.8. The van der Waals surface area contributed by atoms with Crippen molar-refractivity contribution in [1.29, 1.82) is 0 Å². The van der Waals surface area contributed by atoms with Gasteiger partial charge in [0.15, 0.2) is 11.6 Å². The second-order valence-electron chi connectivity index (χ2n) is 7.71. The first-order valence-electron chi connectivity index (χ1n) is 9.11. The molecule has 0 fully saturated rings. The molecular weight excluding hydrogens is 376 g/mol. The van der Waals surface area contributed by atoms with Gasteiger partial charge in [-0.2, -0.15) is 0 Å². The smallest absolute Gasteiger partial charge is 0.255 e. The minimum atomic E-state index is -1.34. The maximum Gasteiger partial charge on any atom is 0.255 e. The van der Waals surface area contributed by atoms with E-state index in [9.17, 15) is 29.7 Å². The number of Topliss-reactive ketones (excluding diaryl/α,β-unsaturated/α-hetero) is 2. The normalized spacial score (nSPS) is 23.9. The van der Waals surface area contributed by atoms with Crippen LogP contribution in [0.2, 0.25) is 0 Å². The number of rotatable bonds is 1. The molecule has 0 aromatic heterocycles. The zero-order valence-electron chi connectivity index (χ0n) is 15.8. The molecule has 3 atom stereocenters. The summed E-state index contributed by atoms with van der Waals surface area (Å²) >= 11 is 0. The molecule has 0 saturated carbocycles. The highest BCUT2D eigenvalue weighted by molar-refractivity contribution is 6.29. The van der Waals surface area contributed by atoms with E-state index < -0.39 is 52.4 Å². The Hall–Kier alpha value is -3.39. The quantitative estimate of drug-likeness (QED) is 0.355. The molecule has 2 unspecified atom stereocenters. The van der Waals surface area contributed by atoms with Gasteiger partial charge in [0.05, 0.1) is 22.9 Å². The summed E-state index contributed by atoms with van der Waals surface area (Å²) in [6.07, 6.45) is 0.138. The SMILES string of the molecule is Cc1ccc2c(C)c3c(c(O)c2c1O)C(=O)C1C(=O)C(C(N)=O)=C(O)[C@H](N)C1C3. The average Bonchev–Trinajstić information content (AvgIpc) is 2.65. The number of fused-ring (bicyclic) bond motifs is 3. The average molecular weight is 396 g/mol. The molecule has 8 nitrogen and oxygen atoms in total. The molecule has 8 heteroatoms. The number of amides is 1. The number of hydrogen-bond acceptors (Lipinski definition) is 7. The molecule has 7 N–H and O–H groups in total. The lowest BCUT2D eigenvalue weighted by molar-refractivity contribution is -0.124. The van der Waals surface area contributed by atoms with E-state index in [2.05, 4.69) is 0 Å². The third-order valence-corrected chi connectivity index (χ3v) is 6.22. The number of ketones is 2. The van der Waals surface area contributed by atoms with Crippen molar-refractivity contribution in [2.24, 2.45) is 23.3 Å². The van der Waals surface area contributed by atoms with E-state index in [-0.39, 0.29) is 23.1 Å². The van der Waals surface area contributed by atoms with E-state index in [0.29, 0.717) is 22.1 Å². The molecule has 0 bridgehead atoms. The predicted octanol–water partition coefficient (Wildman–Crippen LogP) is 1.05. The number of aryl methyl sites for hydroxylation is 2. The summed E-state index contributed by atoms with van der Waals surface area (Å²) in [6.45, 7) is 3.42. The van der Waals surface area contributed by atoms with Crippen LogP contribution >= 0.6 is 0 Å². The molecule has 2 aliphatic rings. The van der Waals surface area contributed by atoms with E-state index in [1.807, 2.05) is 0 Å². The van der Waals surface area contributed by atoms with Gasteiger partial charge in [-0.05, 0) is 42.3 Å². The highest BCUT2D eigenvalue weighted by Crippen LogP contribution is 2.48. The second-order valence-corrected chi connectivity index (χ2v) is 7.71. The van der Waals surface area contributed by atoms with Gasteiger partial charge < -0.3 is 26.8 Å². The number of phenols is 2. The van der Waals surface area contributed by atoms with Gasteiger partial charge in [0.1, 0.15) is 22.8 Å². The summed E-state index contributed by atoms with van der Waals surface area (Å²) in [7, 11) is 0. The van der Waals surface area contributed by atoms with Gasteiger partial charge in [0.2, 0.25) is 0 Å². The number of carbonyl (C=O) groups excluding carboxylic acids is 3. The second kappa shape index (κ2) is 6.05. The molecule has 29 heavy (non-hydrogen) atoms. The van der Waals surface area contributed by atoms with Crippen molar-refractivity contribution in [1.82, 2.24) is 0 Å². The first kappa shape index (κ1) is 18.9. The van der Waals surface area contributed by atoms with Crippen LogP contribution in [0.1, 0.15) is 27.0 Å². The highest BCUT2D eigenvalue weighted by Gasteiger charge is 2.51. The summed E-state index contributed by atoms with van der Waals surface area (Å²) in [6, 6.07) is 2.32. The van der Waals surface area contributed by atoms with Crippen LogP contribution in [0.25, 0.3) is 10.8 Å². The van der Waals surface area contributed by atoms with Gasteiger partial charge in [-0.3, -0.25) is 14.4 Å². The monoisotopic (exact) mass is 396 g/mol. The van der Waals surface area contributed by atoms with Crippen LogP contribution in [-0.2, 0) is 16.0 Å². The van der Waals surface area contributed by atoms with Crippen molar-refractivity contribution in [2.75, 3.05) is 0 Å². The standard InChI is InChI=1S/C21H20N2O6/c1-6-3-4-8-7(2)9-5-10-13(18(26)12(9)17(25)11(8)16(6)24)19(27)14(21(23)29)20(28)15(10)22/h3-4,10,13,15,24-25,28H,5,22H2,1-2H3,(H2,23,29)/t10?,13?,15-/m1/s1. The number of aliphatic hydroxyl groups excluding tert-OH is 1. The fourth-order valence-electron chi connectivity index (χ4n) is 4.64. The van der Waals surface area contributed by atoms with Crippen LogP contribution in [-0.4, -0.2) is 38.8 Å². The Labute approximate surface area is 165 Å². The van der Waals surface area contributed by atoms with Crippen LogP contribution in [0.4, 0.5) is 0 Å². The van der Waals surface area contributed by atoms with Crippen molar-refractivity contribution in [3.05, 3.63) is 45.7 Å². The maximum absolute atomic E-state index is 13.3. The molecule has 2 aliphatic carbocycles. The number of phenolic OH excluding ortho intramolecular Hbond substituents is 2. The Morgan fingerprint density at radius 3 is 2.34 bits per heavy atom. The number of aliphatic hydroxyl groups is 1. The van der Waals surface area contributed by atoms with Crippen molar-refractivity contribution in [3.63, 3.8) is 0 Å². The molecule has 0 heterocycles. The van der Waals surface area contributed by atoms with Crippen LogP contribution in [0, 0.1) is 25.7 Å². The third-order valence-electron chi connectivity index (χ3n) is 6.22. The van der Waals surface area contributed by atoms with E-state index in [1.165, 1.54) is 0 Å². The summed E-state index contributed by atoms with van der Waals surface area (Å²) in [5.74, 6) is -6.06. The molecule has 2 aromatic rings. The van der Waals surface area contributed by atoms with Crippen LogP contribution in [0.3, 0.4) is 0 Å². The summed E-state index contributed by atoms with van der Waals surface area (Å²) in [5, 5.41) is 32.3. The molecule has 0 aliphatic heterocycles. The third kappa shape index (κ3) is 2.32. The maximum atomic E-state index is 13.3. The van der Waals surface area contributed by atoms with Crippen molar-refractivity contribution < 1.29 is 29.7 Å². The van der Waals surface area contributed by atoms with E-state index >= 15 is 0 Å². The van der Waals surface area contributed by atoms with E-state index in [1.54, 1.807) is 26.0 Å². The van der Waals surface area contributed by atoms with E-state index in [4.69, 9.17) is 11.5 Å². The van der Waals surface area contributed by atoms with Gasteiger partial charge in [-0.25, -0.2) is 0 Å². The van der Waals surface area contributed by atoms with E-state index in [0.717, 1.165) is 0 Å². The van der Waals surface area contributed by atoms with Gasteiger partial charge in [-0.15, -0.1) is 0 Å². The van der Waals surface area contributed by atoms with Crippen molar-refractivity contribution in [2.45, 2.75) is 26.3 Å². The van der Waals surface area contributed by atoms with Crippen LogP contribution in [0.15, 0.2) is 23.5 Å². The molecule has 0 radical (unpaired) electrons. The highest BCUT2D eigenvalue weighted by atomic mass is 16.3. The lowest BCUT2D eigenvalue weighted by Crippen LogP contribution is -2.53. The predicted molar refractivity (Wildman–Crippen MR) is 104 cm³/mol. The number of primary amides is 1. The minimum Gasteiger partial charge on any atom is -0.510 e. The lowest BCUT2D eigenvalue weighted by Gasteiger charge is -2.39. The number of benzene rings is 2. The summed E-state index contributed by atoms with van der Waals surface area (Å²) in [4.78, 5) is 37.8. The molecule has 1 amide bonds. The Balaban J connectivity index is 2.02. The van der Waals surface area contributed by atoms with Gasteiger partial charge in [0, 0.05) is 5.92 Å². The topological polar surface area (TPSA) is 164 Å².